The van der Waals surface area contributed by atoms with Crippen LogP contribution in [0.2, 0.25) is 0 Å². The van der Waals surface area contributed by atoms with E-state index in [1.807, 2.05) is 11.3 Å². The number of nitrogens with zero attached hydrogens (tertiary/aromatic N) is 1. The fourth-order valence-electron chi connectivity index (χ4n) is 2.27. The summed E-state index contributed by atoms with van der Waals surface area (Å²) in [6, 6.07) is 13.4. The zero-order chi connectivity index (χ0) is 13.7. The number of hydrogen-bond acceptors (Lipinski definition) is 3. The molecule has 0 saturated heterocycles. The number of thiophene rings is 1. The molecule has 2 aromatic rings. The van der Waals surface area contributed by atoms with Crippen LogP contribution >= 0.6 is 11.3 Å². The molecular weight excluding hydrogens is 252 g/mol. The van der Waals surface area contributed by atoms with E-state index in [-0.39, 0.29) is 0 Å². The Bertz CT molecular complexity index is 491. The van der Waals surface area contributed by atoms with Gasteiger partial charge < -0.3 is 10.6 Å². The first-order valence-electron chi connectivity index (χ1n) is 6.79. The molecule has 1 heterocycles. The van der Waals surface area contributed by atoms with Crippen LogP contribution in [0.4, 0.5) is 5.69 Å². The van der Waals surface area contributed by atoms with Crippen molar-refractivity contribution in [3.8, 4) is 0 Å². The molecule has 3 heteroatoms. The van der Waals surface area contributed by atoms with Crippen molar-refractivity contribution in [1.82, 2.24) is 0 Å². The highest BCUT2D eigenvalue weighted by Crippen LogP contribution is 2.26. The van der Waals surface area contributed by atoms with E-state index < -0.39 is 0 Å². The summed E-state index contributed by atoms with van der Waals surface area (Å²) in [4.78, 5) is 3.85. The van der Waals surface area contributed by atoms with Crippen molar-refractivity contribution in [3.63, 3.8) is 0 Å². The summed E-state index contributed by atoms with van der Waals surface area (Å²) in [7, 11) is 0. The highest BCUT2D eigenvalue weighted by molar-refractivity contribution is 7.09. The van der Waals surface area contributed by atoms with Gasteiger partial charge in [-0.25, -0.2) is 0 Å². The van der Waals surface area contributed by atoms with Crippen molar-refractivity contribution in [3.05, 3.63) is 52.2 Å². The van der Waals surface area contributed by atoms with Gasteiger partial charge in [-0.2, -0.15) is 0 Å². The lowest BCUT2D eigenvalue weighted by atomic mass is 10.1. The lowest BCUT2D eigenvalue weighted by molar-refractivity contribution is 0.682. The van der Waals surface area contributed by atoms with Gasteiger partial charge in [-0.15, -0.1) is 11.3 Å². The SMILES string of the molecule is CC(C)N(Cc1cccs1)c1ccccc1CCN. The third-order valence-corrected chi connectivity index (χ3v) is 4.11. The van der Waals surface area contributed by atoms with E-state index in [0.717, 1.165) is 13.0 Å². The predicted molar refractivity (Wildman–Crippen MR) is 84.8 cm³/mol. The van der Waals surface area contributed by atoms with Gasteiger partial charge in [-0.1, -0.05) is 24.3 Å². The summed E-state index contributed by atoms with van der Waals surface area (Å²) in [5, 5.41) is 2.14. The summed E-state index contributed by atoms with van der Waals surface area (Å²) in [6.45, 7) is 6.15. The molecule has 0 unspecified atom stereocenters. The number of para-hydroxylation sites is 1. The van der Waals surface area contributed by atoms with Crippen LogP contribution in [0.5, 0.6) is 0 Å². The monoisotopic (exact) mass is 274 g/mol. The van der Waals surface area contributed by atoms with E-state index in [9.17, 15) is 0 Å². The van der Waals surface area contributed by atoms with Crippen molar-refractivity contribution in [2.45, 2.75) is 32.9 Å². The van der Waals surface area contributed by atoms with E-state index in [2.05, 4.69) is 60.5 Å². The largest absolute Gasteiger partial charge is 0.364 e. The van der Waals surface area contributed by atoms with E-state index in [0.29, 0.717) is 12.6 Å². The van der Waals surface area contributed by atoms with Crippen LogP contribution in [-0.2, 0) is 13.0 Å². The summed E-state index contributed by atoms with van der Waals surface area (Å²) < 4.78 is 0. The van der Waals surface area contributed by atoms with Crippen LogP contribution in [0.1, 0.15) is 24.3 Å². The maximum absolute atomic E-state index is 5.73. The lowest BCUT2D eigenvalue weighted by Crippen LogP contribution is -2.30. The van der Waals surface area contributed by atoms with Crippen molar-refractivity contribution < 1.29 is 0 Å². The number of anilines is 1. The number of rotatable bonds is 6. The number of hydrogen-bond donors (Lipinski definition) is 1. The van der Waals surface area contributed by atoms with Gasteiger partial charge in [-0.3, -0.25) is 0 Å². The molecule has 0 bridgehead atoms. The highest BCUT2D eigenvalue weighted by atomic mass is 32.1. The standard InChI is InChI=1S/C16H22N2S/c1-13(2)18(12-15-7-5-11-19-15)16-8-4-3-6-14(16)9-10-17/h3-8,11,13H,9-10,12,17H2,1-2H3. The Morgan fingerprint density at radius 3 is 2.58 bits per heavy atom. The summed E-state index contributed by atoms with van der Waals surface area (Å²) in [5.41, 5.74) is 8.38. The minimum absolute atomic E-state index is 0.473. The van der Waals surface area contributed by atoms with E-state index in [4.69, 9.17) is 5.73 Å². The molecule has 2 rings (SSSR count). The highest BCUT2D eigenvalue weighted by Gasteiger charge is 2.14. The van der Waals surface area contributed by atoms with E-state index in [1.165, 1.54) is 16.1 Å². The zero-order valence-corrected chi connectivity index (χ0v) is 12.5. The van der Waals surface area contributed by atoms with E-state index in [1.54, 1.807) is 0 Å². The van der Waals surface area contributed by atoms with Crippen molar-refractivity contribution >= 4 is 17.0 Å². The average molecular weight is 274 g/mol. The average Bonchev–Trinajstić information content (AvgIpc) is 2.90. The molecule has 1 aromatic heterocycles. The molecule has 2 N–H and O–H groups in total. The Morgan fingerprint density at radius 1 is 1.16 bits per heavy atom. The van der Waals surface area contributed by atoms with Crippen LogP contribution in [0.25, 0.3) is 0 Å². The second-order valence-electron chi connectivity index (χ2n) is 4.97. The molecule has 0 saturated carbocycles. The van der Waals surface area contributed by atoms with Gasteiger partial charge in [0.05, 0.1) is 6.54 Å². The third-order valence-electron chi connectivity index (χ3n) is 3.24. The topological polar surface area (TPSA) is 29.3 Å². The van der Waals surface area contributed by atoms with Gasteiger partial charge in [0.25, 0.3) is 0 Å². The first-order chi connectivity index (χ1) is 9.22. The van der Waals surface area contributed by atoms with Gasteiger partial charge in [0.15, 0.2) is 0 Å². The minimum atomic E-state index is 0.473. The predicted octanol–water partition coefficient (Wildman–Crippen LogP) is 3.66. The molecule has 0 aliphatic rings. The molecule has 0 aliphatic heterocycles. The molecule has 0 spiro atoms. The Balaban J connectivity index is 2.28. The second-order valence-corrected chi connectivity index (χ2v) is 6.00. The molecule has 19 heavy (non-hydrogen) atoms. The van der Waals surface area contributed by atoms with Crippen LogP contribution < -0.4 is 10.6 Å². The molecule has 0 radical (unpaired) electrons. The Hall–Kier alpha value is -1.32. The van der Waals surface area contributed by atoms with Gasteiger partial charge in [0.2, 0.25) is 0 Å². The molecule has 1 aromatic carbocycles. The molecule has 2 nitrogen and oxygen atoms in total. The van der Waals surface area contributed by atoms with Crippen molar-refractivity contribution in [1.29, 1.82) is 0 Å². The number of nitrogens with two attached hydrogens (primary N) is 1. The van der Waals surface area contributed by atoms with Gasteiger partial charge in [0.1, 0.15) is 0 Å². The van der Waals surface area contributed by atoms with Gasteiger partial charge >= 0.3 is 0 Å². The fraction of sp³-hybridized carbons (Fsp3) is 0.375. The Kier molecular flexibility index (Phi) is 5.00. The first-order valence-corrected chi connectivity index (χ1v) is 7.67. The maximum Gasteiger partial charge on any atom is 0.0525 e. The smallest absolute Gasteiger partial charge is 0.0525 e. The van der Waals surface area contributed by atoms with Crippen LogP contribution in [0, 0.1) is 0 Å². The van der Waals surface area contributed by atoms with Crippen molar-refractivity contribution in [2.75, 3.05) is 11.4 Å². The van der Waals surface area contributed by atoms with Gasteiger partial charge in [-0.05, 0) is 49.9 Å². The molecule has 102 valence electrons. The quantitative estimate of drug-likeness (QED) is 0.871. The maximum atomic E-state index is 5.73. The molecule has 0 atom stereocenters. The van der Waals surface area contributed by atoms with Crippen LogP contribution in [0.3, 0.4) is 0 Å². The van der Waals surface area contributed by atoms with Crippen LogP contribution in [0.15, 0.2) is 41.8 Å². The fourth-order valence-corrected chi connectivity index (χ4v) is 2.98. The second kappa shape index (κ2) is 6.73. The molecule has 0 aliphatic carbocycles. The van der Waals surface area contributed by atoms with Crippen molar-refractivity contribution in [2.24, 2.45) is 5.73 Å². The molecule has 0 amide bonds. The van der Waals surface area contributed by atoms with Gasteiger partial charge in [0, 0.05) is 16.6 Å². The Morgan fingerprint density at radius 2 is 1.95 bits per heavy atom. The number of benzene rings is 1. The van der Waals surface area contributed by atoms with Crippen LogP contribution in [-0.4, -0.2) is 12.6 Å². The van der Waals surface area contributed by atoms with E-state index >= 15 is 0 Å². The normalized spacial score (nSPS) is 10.9. The minimum Gasteiger partial charge on any atom is -0.364 e. The summed E-state index contributed by atoms with van der Waals surface area (Å²) >= 11 is 1.82. The third kappa shape index (κ3) is 3.58. The molecular formula is C16H22N2S. The Labute approximate surface area is 119 Å². The summed E-state index contributed by atoms with van der Waals surface area (Å²) in [6.07, 6.45) is 0.934. The zero-order valence-electron chi connectivity index (χ0n) is 11.7. The molecule has 0 fully saturated rings. The summed E-state index contributed by atoms with van der Waals surface area (Å²) in [5.74, 6) is 0. The lowest BCUT2D eigenvalue weighted by Gasteiger charge is -2.30. The first kappa shape index (κ1) is 14.1.